The van der Waals surface area contributed by atoms with E-state index in [-0.39, 0.29) is 18.0 Å². The standard InChI is InChI=1S/C15H15ClN2O3S/c16-12-3-6-14-15(9-12)21-8-7-18(14)22(19,20)13-4-1-11(10-17)2-5-13/h1-6,9H,7-8,10,17H2. The van der Waals surface area contributed by atoms with Crippen molar-refractivity contribution < 1.29 is 13.2 Å². The molecule has 2 aromatic rings. The Morgan fingerprint density at radius 3 is 2.59 bits per heavy atom. The Hall–Kier alpha value is -1.76. The number of nitrogens with zero attached hydrogens (tertiary/aromatic N) is 1. The zero-order valence-electron chi connectivity index (χ0n) is 11.7. The summed E-state index contributed by atoms with van der Waals surface area (Å²) in [5, 5.41) is 0.505. The first-order chi connectivity index (χ1) is 10.5. The third-order valence-electron chi connectivity index (χ3n) is 3.49. The predicted molar refractivity (Wildman–Crippen MR) is 85.8 cm³/mol. The molecular formula is C15H15ClN2O3S. The summed E-state index contributed by atoms with van der Waals surface area (Å²) in [4.78, 5) is 0.229. The highest BCUT2D eigenvalue weighted by atomic mass is 35.5. The zero-order chi connectivity index (χ0) is 15.7. The fraction of sp³-hybridized carbons (Fsp3) is 0.200. The molecule has 1 aliphatic rings. The SMILES string of the molecule is NCc1ccc(S(=O)(=O)N2CCOc3cc(Cl)ccc32)cc1. The molecule has 1 aliphatic heterocycles. The predicted octanol–water partition coefficient (Wildman–Crippen LogP) is 2.39. The van der Waals surface area contributed by atoms with E-state index < -0.39 is 10.0 Å². The lowest BCUT2D eigenvalue weighted by molar-refractivity contribution is 0.316. The Labute approximate surface area is 134 Å². The van der Waals surface area contributed by atoms with Crippen LogP contribution in [0.5, 0.6) is 5.75 Å². The number of rotatable bonds is 3. The van der Waals surface area contributed by atoms with Crippen LogP contribution in [0.1, 0.15) is 5.56 Å². The van der Waals surface area contributed by atoms with Gasteiger partial charge in [-0.05, 0) is 29.8 Å². The molecule has 7 heteroatoms. The molecule has 3 rings (SSSR count). The maximum absolute atomic E-state index is 12.8. The molecule has 2 N–H and O–H groups in total. The minimum Gasteiger partial charge on any atom is -0.489 e. The summed E-state index contributed by atoms with van der Waals surface area (Å²) in [6, 6.07) is 11.5. The van der Waals surface area contributed by atoms with Gasteiger partial charge in [0.25, 0.3) is 10.0 Å². The van der Waals surface area contributed by atoms with Gasteiger partial charge in [-0.15, -0.1) is 0 Å². The highest BCUT2D eigenvalue weighted by Gasteiger charge is 2.30. The van der Waals surface area contributed by atoms with Crippen LogP contribution in [-0.4, -0.2) is 21.6 Å². The van der Waals surface area contributed by atoms with Crippen molar-refractivity contribution in [3.05, 3.63) is 53.1 Å². The number of sulfonamides is 1. The lowest BCUT2D eigenvalue weighted by Crippen LogP contribution is -2.37. The third-order valence-corrected chi connectivity index (χ3v) is 5.55. The van der Waals surface area contributed by atoms with Gasteiger partial charge in [0.2, 0.25) is 0 Å². The molecule has 0 bridgehead atoms. The summed E-state index contributed by atoms with van der Waals surface area (Å²) in [5.41, 5.74) is 6.92. The van der Waals surface area contributed by atoms with Crippen LogP contribution < -0.4 is 14.8 Å². The van der Waals surface area contributed by atoms with Gasteiger partial charge < -0.3 is 10.5 Å². The van der Waals surface area contributed by atoms with Crippen molar-refractivity contribution >= 4 is 27.3 Å². The molecule has 2 aromatic carbocycles. The van der Waals surface area contributed by atoms with Crippen LogP contribution >= 0.6 is 11.6 Å². The van der Waals surface area contributed by atoms with Gasteiger partial charge >= 0.3 is 0 Å². The fourth-order valence-corrected chi connectivity index (χ4v) is 3.96. The van der Waals surface area contributed by atoms with Gasteiger partial charge in [-0.25, -0.2) is 8.42 Å². The van der Waals surface area contributed by atoms with Gasteiger partial charge in [0.05, 0.1) is 17.1 Å². The van der Waals surface area contributed by atoms with E-state index in [4.69, 9.17) is 22.1 Å². The van der Waals surface area contributed by atoms with E-state index in [9.17, 15) is 8.42 Å². The van der Waals surface area contributed by atoms with Crippen LogP contribution in [0, 0.1) is 0 Å². The summed E-state index contributed by atoms with van der Waals surface area (Å²) < 4.78 is 32.5. The summed E-state index contributed by atoms with van der Waals surface area (Å²) >= 11 is 5.93. The zero-order valence-corrected chi connectivity index (χ0v) is 13.3. The molecule has 0 spiro atoms. The minimum absolute atomic E-state index is 0.229. The van der Waals surface area contributed by atoms with Gasteiger partial charge in [0, 0.05) is 17.6 Å². The number of fused-ring (bicyclic) bond motifs is 1. The topological polar surface area (TPSA) is 72.6 Å². The van der Waals surface area contributed by atoms with Crippen molar-refractivity contribution in [3.8, 4) is 5.75 Å². The number of hydrogen-bond acceptors (Lipinski definition) is 4. The second kappa shape index (κ2) is 5.79. The molecule has 0 fully saturated rings. The maximum Gasteiger partial charge on any atom is 0.264 e. The average Bonchev–Trinajstić information content (AvgIpc) is 2.54. The van der Waals surface area contributed by atoms with Gasteiger partial charge in [-0.3, -0.25) is 4.31 Å². The van der Waals surface area contributed by atoms with Crippen molar-refractivity contribution in [3.63, 3.8) is 0 Å². The largest absolute Gasteiger partial charge is 0.489 e. The smallest absolute Gasteiger partial charge is 0.264 e. The van der Waals surface area contributed by atoms with Gasteiger partial charge in [-0.1, -0.05) is 23.7 Å². The van der Waals surface area contributed by atoms with E-state index in [0.29, 0.717) is 23.0 Å². The summed E-state index contributed by atoms with van der Waals surface area (Å²) in [6.07, 6.45) is 0. The molecule has 0 aliphatic carbocycles. The van der Waals surface area contributed by atoms with Gasteiger partial charge in [0.15, 0.2) is 0 Å². The molecule has 116 valence electrons. The van der Waals surface area contributed by atoms with E-state index in [0.717, 1.165) is 5.56 Å². The maximum atomic E-state index is 12.8. The highest BCUT2D eigenvalue weighted by molar-refractivity contribution is 7.92. The Morgan fingerprint density at radius 2 is 1.91 bits per heavy atom. The number of hydrogen-bond donors (Lipinski definition) is 1. The van der Waals surface area contributed by atoms with Crippen molar-refractivity contribution in [2.75, 3.05) is 17.5 Å². The Morgan fingerprint density at radius 1 is 1.18 bits per heavy atom. The van der Waals surface area contributed by atoms with Crippen molar-refractivity contribution in [1.82, 2.24) is 0 Å². The molecule has 5 nitrogen and oxygen atoms in total. The number of anilines is 1. The van der Waals surface area contributed by atoms with Crippen molar-refractivity contribution in [2.45, 2.75) is 11.4 Å². The monoisotopic (exact) mass is 338 g/mol. The quantitative estimate of drug-likeness (QED) is 0.932. The molecule has 22 heavy (non-hydrogen) atoms. The fourth-order valence-electron chi connectivity index (χ4n) is 2.34. The number of nitrogens with two attached hydrogens (primary N) is 1. The van der Waals surface area contributed by atoms with Crippen LogP contribution in [0.2, 0.25) is 5.02 Å². The van der Waals surface area contributed by atoms with Crippen LogP contribution in [0.15, 0.2) is 47.4 Å². The summed E-state index contributed by atoms with van der Waals surface area (Å²) in [6.45, 7) is 0.919. The molecule has 0 saturated heterocycles. The molecule has 0 radical (unpaired) electrons. The van der Waals surface area contributed by atoms with E-state index in [1.807, 2.05) is 0 Å². The Bertz CT molecular complexity index is 791. The van der Waals surface area contributed by atoms with Crippen LogP contribution in [0.25, 0.3) is 0 Å². The van der Waals surface area contributed by atoms with Crippen LogP contribution in [-0.2, 0) is 16.6 Å². The average molecular weight is 339 g/mol. The third kappa shape index (κ3) is 2.65. The second-order valence-corrected chi connectivity index (χ2v) is 7.18. The number of ether oxygens (including phenoxy) is 1. The van der Waals surface area contributed by atoms with Gasteiger partial charge in [-0.2, -0.15) is 0 Å². The molecule has 0 unspecified atom stereocenters. The van der Waals surface area contributed by atoms with Gasteiger partial charge in [0.1, 0.15) is 12.4 Å². The summed E-state index contributed by atoms with van der Waals surface area (Å²) in [5.74, 6) is 0.473. The number of halogens is 1. The minimum atomic E-state index is -3.64. The Kier molecular flexibility index (Phi) is 3.99. The Balaban J connectivity index is 2.03. The van der Waals surface area contributed by atoms with Crippen LogP contribution in [0.4, 0.5) is 5.69 Å². The lowest BCUT2D eigenvalue weighted by atomic mass is 10.2. The molecular weight excluding hydrogens is 324 g/mol. The second-order valence-electron chi connectivity index (χ2n) is 4.89. The van der Waals surface area contributed by atoms with Crippen molar-refractivity contribution in [1.29, 1.82) is 0 Å². The van der Waals surface area contributed by atoms with E-state index in [1.165, 1.54) is 4.31 Å². The molecule has 0 amide bonds. The molecule has 0 saturated carbocycles. The van der Waals surface area contributed by atoms with Crippen molar-refractivity contribution in [2.24, 2.45) is 5.73 Å². The number of benzene rings is 2. The molecule has 0 atom stereocenters. The first kappa shape index (κ1) is 15.1. The highest BCUT2D eigenvalue weighted by Crippen LogP contribution is 2.37. The van der Waals surface area contributed by atoms with E-state index in [1.54, 1.807) is 42.5 Å². The lowest BCUT2D eigenvalue weighted by Gasteiger charge is -2.30. The van der Waals surface area contributed by atoms with E-state index in [2.05, 4.69) is 0 Å². The first-order valence-corrected chi connectivity index (χ1v) is 8.58. The normalized spacial score (nSPS) is 14.4. The summed E-state index contributed by atoms with van der Waals surface area (Å²) in [7, 11) is -3.64. The molecule has 1 heterocycles. The molecule has 0 aromatic heterocycles. The van der Waals surface area contributed by atoms with E-state index >= 15 is 0 Å². The van der Waals surface area contributed by atoms with Crippen LogP contribution in [0.3, 0.4) is 0 Å². The first-order valence-electron chi connectivity index (χ1n) is 6.76.